The minimum absolute atomic E-state index is 0. The SMILES string of the molecule is C=[C-]C(O)C(O)[CH-]O.[Y]. The van der Waals surface area contributed by atoms with Crippen LogP contribution in [0.15, 0.2) is 6.58 Å². The summed E-state index contributed by atoms with van der Waals surface area (Å²) in [5, 5.41) is 25.0. The van der Waals surface area contributed by atoms with E-state index in [0.29, 0.717) is 6.61 Å². The van der Waals surface area contributed by atoms with Gasteiger partial charge in [-0.15, -0.1) is 0 Å². The molecule has 0 amide bonds. The van der Waals surface area contributed by atoms with Crippen LogP contribution in [0.5, 0.6) is 0 Å². The number of hydrogen-bond donors (Lipinski definition) is 3. The van der Waals surface area contributed by atoms with Crippen molar-refractivity contribution in [2.45, 2.75) is 12.2 Å². The molecule has 0 aromatic rings. The van der Waals surface area contributed by atoms with Crippen molar-refractivity contribution in [1.82, 2.24) is 0 Å². The molecule has 0 aliphatic carbocycles. The summed E-state index contributed by atoms with van der Waals surface area (Å²) in [6.07, 6.45) is -0.385. The second-order valence-corrected chi connectivity index (χ2v) is 1.29. The number of aliphatic hydroxyl groups is 3. The van der Waals surface area contributed by atoms with Gasteiger partial charge in [-0.3, -0.25) is 6.58 Å². The van der Waals surface area contributed by atoms with Crippen molar-refractivity contribution in [1.29, 1.82) is 0 Å². The summed E-state index contributed by atoms with van der Waals surface area (Å²) in [5.41, 5.74) is 0. The van der Waals surface area contributed by atoms with E-state index in [0.717, 1.165) is 0 Å². The molecular formula is C5H8O3Y-2. The van der Waals surface area contributed by atoms with E-state index < -0.39 is 12.2 Å². The van der Waals surface area contributed by atoms with Crippen LogP contribution in [0.1, 0.15) is 0 Å². The van der Waals surface area contributed by atoms with Crippen LogP contribution < -0.4 is 0 Å². The Labute approximate surface area is 79.3 Å². The molecule has 0 rings (SSSR count). The van der Waals surface area contributed by atoms with Gasteiger partial charge in [-0.05, 0) is 6.10 Å². The standard InChI is InChI=1S/C5H8O3.Y/c1-2-4(7)5(8)3-6;/h3-8H,1H2;/q-2;. The van der Waals surface area contributed by atoms with E-state index in [-0.39, 0.29) is 32.7 Å². The van der Waals surface area contributed by atoms with Gasteiger partial charge in [-0.2, -0.15) is 6.61 Å². The van der Waals surface area contributed by atoms with Gasteiger partial charge < -0.3 is 21.4 Å². The van der Waals surface area contributed by atoms with Gasteiger partial charge in [0.1, 0.15) is 0 Å². The molecule has 9 heavy (non-hydrogen) atoms. The van der Waals surface area contributed by atoms with Crippen LogP contribution in [-0.4, -0.2) is 27.5 Å². The van der Waals surface area contributed by atoms with Crippen LogP contribution in [0.3, 0.4) is 0 Å². The van der Waals surface area contributed by atoms with Gasteiger partial charge in [0.25, 0.3) is 0 Å². The van der Waals surface area contributed by atoms with Crippen LogP contribution in [0.25, 0.3) is 0 Å². The van der Waals surface area contributed by atoms with Gasteiger partial charge in [0.05, 0.1) is 0 Å². The fourth-order valence-corrected chi connectivity index (χ4v) is 0.202. The van der Waals surface area contributed by atoms with E-state index >= 15 is 0 Å². The third kappa shape index (κ3) is 5.18. The van der Waals surface area contributed by atoms with E-state index in [1.165, 1.54) is 0 Å². The van der Waals surface area contributed by atoms with Crippen LogP contribution in [-0.2, 0) is 32.7 Å². The Morgan fingerprint density at radius 1 is 1.44 bits per heavy atom. The van der Waals surface area contributed by atoms with Gasteiger partial charge in [0, 0.05) is 32.7 Å². The Kier molecular flexibility index (Phi) is 9.43. The predicted molar refractivity (Wildman–Crippen MR) is 27.1 cm³/mol. The van der Waals surface area contributed by atoms with E-state index in [1.807, 2.05) is 0 Å². The maximum atomic E-state index is 8.51. The van der Waals surface area contributed by atoms with Crippen molar-refractivity contribution in [2.24, 2.45) is 0 Å². The largest absolute Gasteiger partial charge is 0.564 e. The minimum atomic E-state index is -1.27. The van der Waals surface area contributed by atoms with Crippen LogP contribution in [0, 0.1) is 12.7 Å². The first-order chi connectivity index (χ1) is 3.72. The molecule has 0 aromatic heterocycles. The zero-order chi connectivity index (χ0) is 6.57. The van der Waals surface area contributed by atoms with E-state index in [2.05, 4.69) is 12.7 Å². The second-order valence-electron chi connectivity index (χ2n) is 1.29. The molecule has 0 spiro atoms. The third-order valence-corrected chi connectivity index (χ3v) is 0.685. The molecule has 0 saturated carbocycles. The van der Waals surface area contributed by atoms with Gasteiger partial charge >= 0.3 is 0 Å². The Hall–Kier alpha value is 0.724. The molecule has 0 fully saturated rings. The Morgan fingerprint density at radius 2 is 1.89 bits per heavy atom. The third-order valence-electron chi connectivity index (χ3n) is 0.685. The molecule has 2 atom stereocenters. The maximum absolute atomic E-state index is 8.51. The van der Waals surface area contributed by atoms with Crippen LogP contribution in [0.4, 0.5) is 0 Å². The summed E-state index contributed by atoms with van der Waals surface area (Å²) in [6, 6.07) is 0. The van der Waals surface area contributed by atoms with Crippen molar-refractivity contribution in [3.05, 3.63) is 19.3 Å². The van der Waals surface area contributed by atoms with Crippen molar-refractivity contribution in [3.63, 3.8) is 0 Å². The summed E-state index contributed by atoms with van der Waals surface area (Å²) in [6.45, 7) is 3.54. The molecule has 3 N–H and O–H groups in total. The minimum Gasteiger partial charge on any atom is -0.564 e. The topological polar surface area (TPSA) is 60.7 Å². The Bertz CT molecular complexity index is 76.6. The van der Waals surface area contributed by atoms with Crippen LogP contribution >= 0.6 is 0 Å². The Balaban J connectivity index is 0. The molecule has 2 unspecified atom stereocenters. The summed E-state index contributed by atoms with van der Waals surface area (Å²) in [5.74, 6) is 0. The van der Waals surface area contributed by atoms with E-state index in [4.69, 9.17) is 15.3 Å². The number of rotatable bonds is 3. The summed E-state index contributed by atoms with van der Waals surface area (Å²) >= 11 is 0. The zero-order valence-electron chi connectivity index (χ0n) is 4.86. The molecule has 1 radical (unpaired) electrons. The smallest absolute Gasteiger partial charge is 0 e. The maximum Gasteiger partial charge on any atom is 0 e. The molecule has 0 aliphatic heterocycles. The Morgan fingerprint density at radius 3 is 2.00 bits per heavy atom. The van der Waals surface area contributed by atoms with Crippen molar-refractivity contribution in [3.8, 4) is 0 Å². The summed E-state index contributed by atoms with van der Waals surface area (Å²) < 4.78 is 0. The van der Waals surface area contributed by atoms with Crippen LogP contribution in [0.2, 0.25) is 0 Å². The number of aliphatic hydroxyl groups excluding tert-OH is 3. The average molecular weight is 205 g/mol. The first-order valence-electron chi connectivity index (χ1n) is 2.08. The van der Waals surface area contributed by atoms with Gasteiger partial charge in [-0.1, -0.05) is 6.10 Å². The fourth-order valence-electron chi connectivity index (χ4n) is 0.202. The molecule has 0 saturated heterocycles. The molecular weight excluding hydrogens is 197 g/mol. The molecule has 51 valence electrons. The molecule has 0 heterocycles. The predicted octanol–water partition coefficient (Wildman–Crippen LogP) is -0.771. The van der Waals surface area contributed by atoms with Gasteiger partial charge in [-0.25, -0.2) is 0 Å². The molecule has 4 heteroatoms. The van der Waals surface area contributed by atoms with Gasteiger partial charge in [0.2, 0.25) is 0 Å². The molecule has 0 bridgehead atoms. The summed E-state index contributed by atoms with van der Waals surface area (Å²) in [4.78, 5) is 0. The second kappa shape index (κ2) is 6.84. The first kappa shape index (κ1) is 12.4. The molecule has 0 aliphatic rings. The summed E-state index contributed by atoms with van der Waals surface area (Å²) in [7, 11) is 0. The normalized spacial score (nSPS) is 15.4. The van der Waals surface area contributed by atoms with E-state index in [9.17, 15) is 0 Å². The monoisotopic (exact) mass is 205 g/mol. The van der Waals surface area contributed by atoms with Gasteiger partial charge in [0.15, 0.2) is 0 Å². The zero-order valence-corrected chi connectivity index (χ0v) is 7.70. The van der Waals surface area contributed by atoms with Crippen molar-refractivity contribution >= 4 is 0 Å². The first-order valence-corrected chi connectivity index (χ1v) is 2.08. The fraction of sp³-hybridized carbons (Fsp3) is 0.400. The molecule has 3 nitrogen and oxygen atoms in total. The van der Waals surface area contributed by atoms with Crippen molar-refractivity contribution in [2.75, 3.05) is 0 Å². The quantitative estimate of drug-likeness (QED) is 0.530. The molecule has 0 aromatic carbocycles. The average Bonchev–Trinajstić information content (AvgIpc) is 1.84. The van der Waals surface area contributed by atoms with E-state index in [1.54, 1.807) is 0 Å². The number of hydrogen-bond acceptors (Lipinski definition) is 3. The van der Waals surface area contributed by atoms with Crippen molar-refractivity contribution < 1.29 is 48.0 Å².